The van der Waals surface area contributed by atoms with Crippen molar-refractivity contribution in [2.24, 2.45) is 0 Å². The van der Waals surface area contributed by atoms with Crippen LogP contribution in [0.1, 0.15) is 32.2 Å². The van der Waals surface area contributed by atoms with Crippen LogP contribution in [-0.4, -0.2) is 26.7 Å². The molecule has 0 fully saturated rings. The summed E-state index contributed by atoms with van der Waals surface area (Å²) in [7, 11) is 0. The van der Waals surface area contributed by atoms with Crippen LogP contribution in [0.3, 0.4) is 0 Å². The molecule has 10 nitrogen and oxygen atoms in total. The quantitative estimate of drug-likeness (QED) is 0.179. The fourth-order valence-corrected chi connectivity index (χ4v) is 4.85. The average Bonchev–Trinajstić information content (AvgIpc) is 3.37. The molecule has 182 valence electrons. The number of non-ortho nitro benzene ring substituents is 1. The summed E-state index contributed by atoms with van der Waals surface area (Å²) >= 11 is 1.39. The second-order valence-electron chi connectivity index (χ2n) is 8.00. The Balaban J connectivity index is 1.70. The van der Waals surface area contributed by atoms with Gasteiger partial charge in [0.25, 0.3) is 5.69 Å². The molecule has 0 unspecified atom stereocenters. The number of para-hydroxylation sites is 1. The normalized spacial score (nSPS) is 14.3. The molecule has 0 bridgehead atoms. The zero-order valence-electron chi connectivity index (χ0n) is 19.5. The first-order valence-corrected chi connectivity index (χ1v) is 12.4. The van der Waals surface area contributed by atoms with Crippen molar-refractivity contribution in [3.05, 3.63) is 86.9 Å². The molecule has 0 aliphatic carbocycles. The summed E-state index contributed by atoms with van der Waals surface area (Å²) in [5, 5.41) is 16.1. The number of amides is 1. The van der Waals surface area contributed by atoms with Crippen LogP contribution in [0.2, 0.25) is 0 Å². The summed E-state index contributed by atoms with van der Waals surface area (Å²) in [5.74, 6) is 1.41. The van der Waals surface area contributed by atoms with Crippen molar-refractivity contribution in [3.8, 4) is 22.6 Å². The Morgan fingerprint density at radius 2 is 1.92 bits per heavy atom. The molecule has 1 amide bonds. The molecule has 2 aromatic carbocycles. The Hall–Kier alpha value is -4.25. The van der Waals surface area contributed by atoms with Gasteiger partial charge in [0.1, 0.15) is 5.76 Å². The number of hydrogen-bond donors (Lipinski definition) is 1. The predicted octanol–water partition coefficient (Wildman–Crippen LogP) is 4.31. The molecule has 11 heteroatoms. The van der Waals surface area contributed by atoms with Crippen molar-refractivity contribution < 1.29 is 18.8 Å². The molecular weight excluding hydrogens is 482 g/mol. The van der Waals surface area contributed by atoms with E-state index in [0.29, 0.717) is 44.9 Å². The van der Waals surface area contributed by atoms with Gasteiger partial charge >= 0.3 is 17.4 Å². The summed E-state index contributed by atoms with van der Waals surface area (Å²) < 4.78 is 7.75. The van der Waals surface area contributed by atoms with E-state index in [1.54, 1.807) is 52.9 Å². The maximum absolute atomic E-state index is 13.3. The number of fused-ring (bicyclic) bond motifs is 3. The Morgan fingerprint density at radius 3 is 2.61 bits per heavy atom. The Labute approximate surface area is 209 Å². The predicted molar refractivity (Wildman–Crippen MR) is 134 cm³/mol. The molecule has 3 heterocycles. The van der Waals surface area contributed by atoms with Crippen LogP contribution in [0.4, 0.5) is 11.4 Å². The monoisotopic (exact) mass is 504 g/mol. The van der Waals surface area contributed by atoms with E-state index in [1.807, 2.05) is 19.1 Å². The average molecular weight is 505 g/mol. The topological polar surface area (TPSA) is 126 Å². The highest BCUT2D eigenvalue weighted by Crippen LogP contribution is 2.39. The van der Waals surface area contributed by atoms with Gasteiger partial charge in [-0.05, 0) is 46.8 Å². The molecule has 1 atom stereocenters. The van der Waals surface area contributed by atoms with Crippen molar-refractivity contribution >= 4 is 29.0 Å². The van der Waals surface area contributed by atoms with E-state index in [1.165, 1.54) is 23.9 Å². The Morgan fingerprint density at radius 1 is 1.17 bits per heavy atom. The van der Waals surface area contributed by atoms with Gasteiger partial charge in [0.15, 0.2) is 5.76 Å². The molecular formula is C25H22N5O5S+. The lowest BCUT2D eigenvalue weighted by Crippen LogP contribution is -2.60. The smallest absolute Gasteiger partial charge is 0.325 e. The van der Waals surface area contributed by atoms with Crippen LogP contribution in [-0.2, 0) is 4.79 Å². The van der Waals surface area contributed by atoms with Crippen molar-refractivity contribution in [1.82, 2.24) is 10.1 Å². The van der Waals surface area contributed by atoms with Crippen molar-refractivity contribution in [1.29, 1.82) is 0 Å². The second kappa shape index (κ2) is 9.42. The maximum Gasteiger partial charge on any atom is 0.325 e. The summed E-state index contributed by atoms with van der Waals surface area (Å²) in [4.78, 5) is 41.5. The number of carbonyl (C=O) groups excluding carboxylic acids is 1. The number of rotatable bonds is 6. The molecule has 2 aromatic heterocycles. The number of H-pyrrole nitrogens is 1. The first-order chi connectivity index (χ1) is 17.4. The van der Waals surface area contributed by atoms with E-state index in [9.17, 15) is 19.7 Å². The first-order valence-electron chi connectivity index (χ1n) is 11.4. The third-order valence-electron chi connectivity index (χ3n) is 5.85. The number of hydrogen-bond acceptors (Lipinski definition) is 7. The number of aromatic amines is 1. The molecule has 0 saturated heterocycles. The third-order valence-corrected chi connectivity index (χ3v) is 6.60. The number of nitro benzene ring substituents is 1. The molecule has 0 radical (unpaired) electrons. The van der Waals surface area contributed by atoms with Gasteiger partial charge in [-0.1, -0.05) is 37.7 Å². The van der Waals surface area contributed by atoms with E-state index in [2.05, 4.69) is 4.98 Å². The Bertz CT molecular complexity index is 1530. The highest BCUT2D eigenvalue weighted by Gasteiger charge is 2.47. The second-order valence-corrected chi connectivity index (χ2v) is 9.25. The lowest BCUT2D eigenvalue weighted by molar-refractivity contribution is -0.764. The standard InChI is InChI=1S/C25H21N5O5S/c1-3-21(31)28-18-8-6-5-7-17(18)22-23(32)26-25(36-4-2)27-29(22)24(28)20-14-13-19(35-20)15-9-11-16(12-10-15)30(33)34/h5-14,24H,3-4H2,1-2H3/p+1/t24-/m1/s1. The number of nitrogens with zero attached hydrogens (tertiary/aromatic N) is 4. The first kappa shape index (κ1) is 23.5. The van der Waals surface area contributed by atoms with Crippen molar-refractivity contribution in [3.63, 3.8) is 0 Å². The van der Waals surface area contributed by atoms with Gasteiger partial charge in [0.05, 0.1) is 16.2 Å². The van der Waals surface area contributed by atoms with Crippen LogP contribution in [0, 0.1) is 10.1 Å². The Kier molecular flexibility index (Phi) is 6.15. The molecule has 1 aliphatic heterocycles. The number of nitrogens with one attached hydrogen (secondary N) is 1. The number of nitro groups is 1. The zero-order chi connectivity index (χ0) is 25.4. The van der Waals surface area contributed by atoms with E-state index in [-0.39, 0.29) is 23.6 Å². The number of anilines is 1. The van der Waals surface area contributed by atoms with Gasteiger partial charge in [-0.25, -0.2) is 4.90 Å². The van der Waals surface area contributed by atoms with Crippen LogP contribution < -0.4 is 15.1 Å². The van der Waals surface area contributed by atoms with Crippen LogP contribution >= 0.6 is 11.8 Å². The van der Waals surface area contributed by atoms with Gasteiger partial charge < -0.3 is 4.42 Å². The highest BCUT2D eigenvalue weighted by atomic mass is 32.2. The molecule has 1 N–H and O–H groups in total. The lowest BCUT2D eigenvalue weighted by atomic mass is 10.0. The number of furan rings is 1. The zero-order valence-corrected chi connectivity index (χ0v) is 20.3. The largest absolute Gasteiger partial charge is 0.452 e. The summed E-state index contributed by atoms with van der Waals surface area (Å²) in [6.45, 7) is 3.73. The van der Waals surface area contributed by atoms with E-state index >= 15 is 0 Å². The summed E-state index contributed by atoms with van der Waals surface area (Å²) in [5.41, 5.74) is 1.81. The number of benzene rings is 2. The van der Waals surface area contributed by atoms with Gasteiger partial charge in [-0.15, -0.1) is 0 Å². The van der Waals surface area contributed by atoms with Crippen LogP contribution in [0.25, 0.3) is 22.6 Å². The maximum atomic E-state index is 13.3. The minimum atomic E-state index is -0.840. The van der Waals surface area contributed by atoms with E-state index in [4.69, 9.17) is 9.52 Å². The molecule has 0 saturated carbocycles. The van der Waals surface area contributed by atoms with Gasteiger partial charge in [-0.3, -0.25) is 24.7 Å². The number of carbonyl (C=O) groups is 1. The molecule has 5 rings (SSSR count). The minimum absolute atomic E-state index is 0.0250. The summed E-state index contributed by atoms with van der Waals surface area (Å²) in [6, 6.07) is 16.7. The third kappa shape index (κ3) is 3.97. The molecule has 36 heavy (non-hydrogen) atoms. The lowest BCUT2D eigenvalue weighted by Gasteiger charge is -2.30. The minimum Gasteiger partial charge on any atom is -0.452 e. The fraction of sp³-hybridized carbons (Fsp3) is 0.200. The van der Waals surface area contributed by atoms with Gasteiger partial charge in [-0.2, -0.15) is 0 Å². The number of thioether (sulfide) groups is 1. The molecule has 0 spiro atoms. The van der Waals surface area contributed by atoms with Gasteiger partial charge in [0.2, 0.25) is 11.1 Å². The highest BCUT2D eigenvalue weighted by molar-refractivity contribution is 7.99. The van der Waals surface area contributed by atoms with Crippen molar-refractivity contribution in [2.45, 2.75) is 31.6 Å². The van der Waals surface area contributed by atoms with Crippen molar-refractivity contribution in [2.75, 3.05) is 10.7 Å². The summed E-state index contributed by atoms with van der Waals surface area (Å²) in [6.07, 6.45) is -0.608. The van der Waals surface area contributed by atoms with E-state index in [0.717, 1.165) is 0 Å². The van der Waals surface area contributed by atoms with Crippen LogP contribution in [0.15, 0.2) is 75.0 Å². The van der Waals surface area contributed by atoms with E-state index < -0.39 is 11.1 Å². The number of aromatic nitrogens is 3. The van der Waals surface area contributed by atoms with Crippen LogP contribution in [0.5, 0.6) is 0 Å². The van der Waals surface area contributed by atoms with Gasteiger partial charge in [0, 0.05) is 29.2 Å². The fourth-order valence-electron chi connectivity index (χ4n) is 4.27. The molecule has 4 aromatic rings. The molecule has 1 aliphatic rings. The SMILES string of the molecule is CCSc1n[n+]2c(c(=O)[nH]1)-c1ccccc1N(C(=O)CC)[C@H]2c1ccc(-c2ccc([N+](=O)[O-])cc2)o1.